The van der Waals surface area contributed by atoms with Gasteiger partial charge in [0.25, 0.3) is 0 Å². The Labute approximate surface area is 875 Å². The first kappa shape index (κ1) is 122. The average Bonchev–Trinajstić information content (AvgIpc) is 1.61. The van der Waals surface area contributed by atoms with Crippen molar-refractivity contribution in [3.05, 3.63) is 0 Å². The molecule has 2 bridgehead atoms. The first-order valence-electron chi connectivity index (χ1n) is 59.8. The zero-order chi connectivity index (χ0) is 106. The zero-order valence-corrected chi connectivity index (χ0v) is 95.2. The summed E-state index contributed by atoms with van der Waals surface area (Å²) >= 11 is 0. The minimum Gasteiger partial charge on any atom is -0.469 e. The summed E-state index contributed by atoms with van der Waals surface area (Å²) in [6.45, 7) is 46.3. The summed E-state index contributed by atoms with van der Waals surface area (Å²) in [5.41, 5.74) is -2.81. The van der Waals surface area contributed by atoms with Crippen LogP contribution in [0.3, 0.4) is 0 Å². The molecular weight excluding hydrogens is 1840 g/mol. The maximum atomic E-state index is 13.7. The molecule has 0 aromatic heterocycles. The van der Waals surface area contributed by atoms with Crippen LogP contribution in [0, 0.1) is 76.4 Å². The fraction of sp³-hybridized carbons (Fsp3) is 0.925. The second-order valence-corrected chi connectivity index (χ2v) is 47.1. The molecule has 6 aliphatic heterocycles. The molecule has 26 unspecified atom stereocenters. The van der Waals surface area contributed by atoms with Crippen LogP contribution in [-0.2, 0) is 119 Å². The summed E-state index contributed by atoms with van der Waals surface area (Å²) in [6.07, 6.45) is 50.2. The van der Waals surface area contributed by atoms with E-state index in [0.29, 0.717) is 57.0 Å². The van der Waals surface area contributed by atoms with E-state index in [1.807, 2.05) is 48.5 Å². The summed E-state index contributed by atoms with van der Waals surface area (Å²) in [7, 11) is 3.06. The molecule has 834 valence electrons. The SMILES string of the molecule is CCC1CC(C)(C(=O)OC2(CC)CCCC2)C(CC)O1.CCC1OC(CC)C(C(=O)OC2(CC)CC3CCC2C3)C1C(=O)OC1(CC)CCCC1.CCC1OC(CC)C(C(=O)OC2(CC)CCCC2)C1C.CCC1OC(CC)C(C(=O)OC2(CC)CCCC2)C1C(=O)OC.CCC1OC(CC)C(C(=O)OC2(CC)CCCC2)C1C(=O)OC1(CC)CCCC1.CCC1OC(CC)C(C(=O)OC2(CC)CCCC2)C1COC. The molecule has 25 heteroatoms. The van der Waals surface area contributed by atoms with E-state index >= 15 is 0 Å². The minimum atomic E-state index is -0.559. The maximum absolute atomic E-state index is 13.7. The molecule has 6 heterocycles. The molecule has 9 aliphatic carbocycles. The van der Waals surface area contributed by atoms with Crippen LogP contribution >= 0.6 is 0 Å². The number of carbonyl (C=O) groups excluding carboxylic acids is 9. The maximum Gasteiger partial charge on any atom is 0.315 e. The highest BCUT2D eigenvalue weighted by molar-refractivity contribution is 5.86. The van der Waals surface area contributed by atoms with E-state index in [0.717, 1.165) is 250 Å². The Kier molecular flexibility index (Phi) is 46.8. The van der Waals surface area contributed by atoms with E-state index in [9.17, 15) is 43.2 Å². The van der Waals surface area contributed by atoms with E-state index in [1.165, 1.54) is 58.5 Å². The summed E-state index contributed by atoms with van der Waals surface area (Å²) in [5, 5.41) is 0. The number of hydrogen-bond acceptors (Lipinski definition) is 25. The van der Waals surface area contributed by atoms with Gasteiger partial charge < -0.3 is 75.8 Å². The van der Waals surface area contributed by atoms with Crippen molar-refractivity contribution in [2.24, 2.45) is 76.4 Å². The van der Waals surface area contributed by atoms with Crippen molar-refractivity contribution >= 4 is 53.7 Å². The molecule has 0 amide bonds. The van der Waals surface area contributed by atoms with Gasteiger partial charge in [0.2, 0.25) is 0 Å². The molecule has 9 saturated carbocycles. The Morgan fingerprint density at radius 3 is 0.786 bits per heavy atom. The van der Waals surface area contributed by atoms with E-state index in [4.69, 9.17) is 75.8 Å². The number of ether oxygens (including phenoxy) is 16. The fourth-order valence-corrected chi connectivity index (χ4v) is 29.3. The molecule has 0 N–H and O–H groups in total. The van der Waals surface area contributed by atoms with E-state index in [2.05, 4.69) is 104 Å². The Balaban J connectivity index is 0.000000180. The van der Waals surface area contributed by atoms with Crippen LogP contribution in [0.25, 0.3) is 0 Å². The Bertz CT molecular complexity index is 3940. The topological polar surface area (TPSA) is 301 Å². The van der Waals surface area contributed by atoms with Gasteiger partial charge in [0, 0.05) is 13.0 Å². The number of esters is 9. The van der Waals surface area contributed by atoms with Gasteiger partial charge in [0.1, 0.15) is 44.8 Å². The first-order valence-corrected chi connectivity index (χ1v) is 59.8. The summed E-state index contributed by atoms with van der Waals surface area (Å²) < 4.78 is 95.7. The lowest BCUT2D eigenvalue weighted by molar-refractivity contribution is -0.181. The second-order valence-electron chi connectivity index (χ2n) is 47.1. The Hall–Kier alpha value is -5.05. The zero-order valence-electron chi connectivity index (χ0n) is 95.2. The third-order valence-electron chi connectivity index (χ3n) is 39.1. The average molecular weight is 2050 g/mol. The van der Waals surface area contributed by atoms with Crippen molar-refractivity contribution in [1.29, 1.82) is 0 Å². The summed E-state index contributed by atoms with van der Waals surface area (Å²) in [4.78, 5) is 118. The van der Waals surface area contributed by atoms with Crippen molar-refractivity contribution in [3.63, 3.8) is 0 Å². The van der Waals surface area contributed by atoms with Gasteiger partial charge in [0.15, 0.2) is 0 Å². The molecule has 0 aromatic rings. The number of rotatable bonds is 39. The van der Waals surface area contributed by atoms with Crippen LogP contribution < -0.4 is 0 Å². The van der Waals surface area contributed by atoms with Crippen molar-refractivity contribution in [2.45, 2.75) is 611 Å². The Morgan fingerprint density at radius 1 is 0.269 bits per heavy atom. The second kappa shape index (κ2) is 55.7. The van der Waals surface area contributed by atoms with Crippen LogP contribution in [-0.4, -0.2) is 193 Å². The molecule has 26 atom stereocenters. The summed E-state index contributed by atoms with van der Waals surface area (Å²) in [6, 6.07) is 0. The van der Waals surface area contributed by atoms with Crippen LogP contribution in [0.1, 0.15) is 493 Å². The van der Waals surface area contributed by atoms with Gasteiger partial charge in [0.05, 0.1) is 140 Å². The molecule has 6 saturated heterocycles. The van der Waals surface area contributed by atoms with Gasteiger partial charge in [-0.3, -0.25) is 43.2 Å². The largest absolute Gasteiger partial charge is 0.469 e. The van der Waals surface area contributed by atoms with Gasteiger partial charge >= 0.3 is 53.7 Å². The van der Waals surface area contributed by atoms with Crippen molar-refractivity contribution in [2.75, 3.05) is 20.8 Å². The van der Waals surface area contributed by atoms with Gasteiger partial charge in [-0.2, -0.15) is 0 Å². The van der Waals surface area contributed by atoms with Crippen LogP contribution in [0.4, 0.5) is 0 Å². The van der Waals surface area contributed by atoms with Gasteiger partial charge in [-0.1, -0.05) is 145 Å². The third kappa shape index (κ3) is 28.2. The molecule has 145 heavy (non-hydrogen) atoms. The van der Waals surface area contributed by atoms with E-state index in [-0.39, 0.29) is 195 Å². The molecule has 25 nitrogen and oxygen atoms in total. The van der Waals surface area contributed by atoms with Crippen molar-refractivity contribution in [3.8, 4) is 0 Å². The molecular formula is C120H204O25. The predicted octanol–water partition coefficient (Wildman–Crippen LogP) is 26.2. The normalized spacial score (nSPS) is 35.7. The molecule has 15 fully saturated rings. The third-order valence-corrected chi connectivity index (χ3v) is 39.1. The highest BCUT2D eigenvalue weighted by atomic mass is 16.6. The van der Waals surface area contributed by atoms with Crippen molar-refractivity contribution in [1.82, 2.24) is 0 Å². The standard InChI is InChI=1S/C26H42O5.C24H40O5.C18H30O5.C18H32O4.2C17H30O3/c1-5-19-21(23(27)30-25(7-3)13-9-10-14-25)22(20(6-2)29-19)24(28)31-26(8-4)16-17-11-12-18(26)15-17;1-5-17-19(21(25)28-23(7-3)13-9-10-14-23)20(18(6-2)27-17)22(26)29-24(8-4)15-11-12-16-24;1-5-12-14(16(19)21-4)15(13(6-2)22-12)17(20)23-18(7-3)10-8-9-11-18;1-5-14-13(12-20-4)16(15(6-2)21-14)17(19)22-18(7-3)10-8-9-11-18;1-5-13-12-16(4,14(6-2)19-13)15(18)20-17(7-3)10-8-9-11-17;1-5-13-12(4)15(14(6-2)19-13)16(18)20-17(7-3)10-8-9-11-17/h17-22H,5-16H2,1-4H3;17-20H,5-16H2,1-4H3;12-15H,5-11H2,1-4H3;13-16H,5-12H2,1-4H3;13-14H,5-12H2,1-4H3;12-15H,5-11H2,1-4H3. The van der Waals surface area contributed by atoms with Gasteiger partial charge in [-0.05, 0) is 365 Å². The quantitative estimate of drug-likeness (QED) is 0.0408. The fourth-order valence-electron chi connectivity index (χ4n) is 29.3. The lowest BCUT2D eigenvalue weighted by Gasteiger charge is -2.38. The Morgan fingerprint density at radius 2 is 0.531 bits per heavy atom. The van der Waals surface area contributed by atoms with Gasteiger partial charge in [-0.25, -0.2) is 0 Å². The number of carbonyl (C=O) groups is 9. The predicted molar refractivity (Wildman–Crippen MR) is 560 cm³/mol. The highest BCUT2D eigenvalue weighted by Gasteiger charge is 2.62. The van der Waals surface area contributed by atoms with Crippen LogP contribution in [0.2, 0.25) is 0 Å². The van der Waals surface area contributed by atoms with E-state index in [1.54, 1.807) is 7.11 Å². The molecule has 0 aromatic carbocycles. The monoisotopic (exact) mass is 2050 g/mol. The van der Waals surface area contributed by atoms with Crippen molar-refractivity contribution < 1.29 is 119 Å². The highest BCUT2D eigenvalue weighted by Crippen LogP contribution is 2.57. The smallest absolute Gasteiger partial charge is 0.315 e. The lowest BCUT2D eigenvalue weighted by Crippen LogP contribution is -2.46. The number of fused-ring (bicyclic) bond motifs is 2. The molecule has 0 spiro atoms. The lowest BCUT2D eigenvalue weighted by atomic mass is 9.80. The molecule has 15 aliphatic rings. The number of hydrogen-bond donors (Lipinski definition) is 0. The summed E-state index contributed by atoms with van der Waals surface area (Å²) in [5.74, 6) is -3.77. The molecule has 15 rings (SSSR count). The molecule has 0 radical (unpaired) electrons. The van der Waals surface area contributed by atoms with E-state index < -0.39 is 40.9 Å². The first-order chi connectivity index (χ1) is 69.5. The van der Waals surface area contributed by atoms with Gasteiger partial charge in [-0.15, -0.1) is 0 Å². The van der Waals surface area contributed by atoms with Crippen LogP contribution in [0.15, 0.2) is 0 Å². The minimum absolute atomic E-state index is 0.00950. The van der Waals surface area contributed by atoms with Crippen LogP contribution in [0.5, 0.6) is 0 Å². The number of methoxy groups -OCH3 is 2.